The van der Waals surface area contributed by atoms with Crippen molar-refractivity contribution in [3.05, 3.63) is 83.0 Å². The lowest BCUT2D eigenvalue weighted by Crippen LogP contribution is -2.47. The lowest BCUT2D eigenvalue weighted by atomic mass is 10.2. The standard InChI is InChI=1S/C25H23N3O2S/c1-18-7-9-20(10-8-18)27-13-15-28(16-14-27)25-26-24(29)23(31-25)17-21-11-12-22(30-21)19-5-3-2-4-6-19/h2-12,17H,13-16H2,1H3. The van der Waals surface area contributed by atoms with Crippen LogP contribution in [0.3, 0.4) is 0 Å². The number of benzene rings is 2. The van der Waals surface area contributed by atoms with Crippen LogP contribution >= 0.6 is 11.8 Å². The lowest BCUT2D eigenvalue weighted by Gasteiger charge is -2.36. The molecule has 0 bridgehead atoms. The molecule has 6 heteroatoms. The Morgan fingerprint density at radius 3 is 2.35 bits per heavy atom. The van der Waals surface area contributed by atoms with Crippen molar-refractivity contribution in [1.29, 1.82) is 0 Å². The fourth-order valence-electron chi connectivity index (χ4n) is 3.76. The van der Waals surface area contributed by atoms with Gasteiger partial charge >= 0.3 is 0 Å². The summed E-state index contributed by atoms with van der Waals surface area (Å²) in [5, 5.41) is 0.787. The third kappa shape index (κ3) is 4.30. The summed E-state index contributed by atoms with van der Waals surface area (Å²) in [6, 6.07) is 22.4. The number of aliphatic imine (C=N–C) groups is 1. The Balaban J connectivity index is 1.23. The molecule has 3 aromatic rings. The van der Waals surface area contributed by atoms with Crippen molar-refractivity contribution in [3.63, 3.8) is 0 Å². The number of thioether (sulfide) groups is 1. The van der Waals surface area contributed by atoms with E-state index in [9.17, 15) is 4.79 Å². The predicted octanol–water partition coefficient (Wildman–Crippen LogP) is 5.05. The van der Waals surface area contributed by atoms with Crippen LogP contribution in [0.5, 0.6) is 0 Å². The Bertz CT molecular complexity index is 1140. The first-order valence-electron chi connectivity index (χ1n) is 10.4. The van der Waals surface area contributed by atoms with Crippen LogP contribution in [0.1, 0.15) is 11.3 Å². The van der Waals surface area contributed by atoms with E-state index in [1.807, 2.05) is 42.5 Å². The van der Waals surface area contributed by atoms with Gasteiger partial charge in [0.2, 0.25) is 0 Å². The smallest absolute Gasteiger partial charge is 0.286 e. The van der Waals surface area contributed by atoms with E-state index in [2.05, 4.69) is 46.0 Å². The molecular formula is C25H23N3O2S. The van der Waals surface area contributed by atoms with Crippen molar-refractivity contribution in [2.45, 2.75) is 6.92 Å². The molecule has 2 aliphatic heterocycles. The molecule has 0 unspecified atom stereocenters. The number of hydrogen-bond acceptors (Lipinski definition) is 5. The molecule has 0 spiro atoms. The maximum atomic E-state index is 12.5. The zero-order valence-electron chi connectivity index (χ0n) is 17.3. The molecule has 0 radical (unpaired) electrons. The summed E-state index contributed by atoms with van der Waals surface area (Å²) in [5.74, 6) is 1.25. The van der Waals surface area contributed by atoms with E-state index >= 15 is 0 Å². The second-order valence-electron chi connectivity index (χ2n) is 7.69. The minimum absolute atomic E-state index is 0.196. The van der Waals surface area contributed by atoms with Gasteiger partial charge in [0.25, 0.3) is 5.91 Å². The Kier molecular flexibility index (Phi) is 5.38. The summed E-state index contributed by atoms with van der Waals surface area (Å²) >= 11 is 1.43. The van der Waals surface area contributed by atoms with Gasteiger partial charge in [0.1, 0.15) is 11.5 Å². The summed E-state index contributed by atoms with van der Waals surface area (Å²) in [7, 11) is 0. The minimum Gasteiger partial charge on any atom is -0.457 e. The summed E-state index contributed by atoms with van der Waals surface area (Å²) in [6.07, 6.45) is 1.79. The number of amidine groups is 1. The highest BCUT2D eigenvalue weighted by atomic mass is 32.2. The van der Waals surface area contributed by atoms with Gasteiger partial charge in [0.15, 0.2) is 5.17 Å². The summed E-state index contributed by atoms with van der Waals surface area (Å²) < 4.78 is 5.92. The molecule has 31 heavy (non-hydrogen) atoms. The maximum absolute atomic E-state index is 12.5. The molecule has 0 saturated carbocycles. The Hall–Kier alpha value is -3.25. The van der Waals surface area contributed by atoms with Gasteiger partial charge in [-0.3, -0.25) is 4.79 Å². The molecular weight excluding hydrogens is 406 g/mol. The molecule has 0 atom stereocenters. The van der Waals surface area contributed by atoms with Crippen LogP contribution in [0, 0.1) is 6.92 Å². The normalized spacial score (nSPS) is 18.0. The highest BCUT2D eigenvalue weighted by Gasteiger charge is 2.28. The number of anilines is 1. The Morgan fingerprint density at radius 2 is 1.61 bits per heavy atom. The molecule has 0 aliphatic carbocycles. The maximum Gasteiger partial charge on any atom is 0.286 e. The molecule has 1 saturated heterocycles. The lowest BCUT2D eigenvalue weighted by molar-refractivity contribution is -0.113. The van der Waals surface area contributed by atoms with E-state index in [-0.39, 0.29) is 5.91 Å². The number of furan rings is 1. The molecule has 1 fully saturated rings. The molecule has 5 nitrogen and oxygen atoms in total. The number of rotatable bonds is 3. The number of aryl methyl sites for hydroxylation is 1. The number of amides is 1. The topological polar surface area (TPSA) is 49.0 Å². The van der Waals surface area contributed by atoms with Crippen molar-refractivity contribution < 1.29 is 9.21 Å². The average molecular weight is 430 g/mol. The van der Waals surface area contributed by atoms with Crippen LogP contribution in [0.4, 0.5) is 5.69 Å². The van der Waals surface area contributed by atoms with Gasteiger partial charge < -0.3 is 14.2 Å². The van der Waals surface area contributed by atoms with Crippen molar-refractivity contribution in [3.8, 4) is 11.3 Å². The molecule has 5 rings (SSSR count). The van der Waals surface area contributed by atoms with Gasteiger partial charge in [0.05, 0.1) is 4.91 Å². The Morgan fingerprint density at radius 1 is 0.903 bits per heavy atom. The zero-order valence-corrected chi connectivity index (χ0v) is 18.1. The van der Waals surface area contributed by atoms with Crippen LogP contribution in [0.15, 0.2) is 81.0 Å². The van der Waals surface area contributed by atoms with Crippen LogP contribution in [0.2, 0.25) is 0 Å². The zero-order chi connectivity index (χ0) is 21.2. The Labute approximate surface area is 186 Å². The average Bonchev–Trinajstić information content (AvgIpc) is 3.42. The molecule has 156 valence electrons. The van der Waals surface area contributed by atoms with Gasteiger partial charge in [-0.1, -0.05) is 48.0 Å². The van der Waals surface area contributed by atoms with Crippen LogP contribution in [0.25, 0.3) is 17.4 Å². The molecule has 1 aromatic heterocycles. The SMILES string of the molecule is Cc1ccc(N2CCN(C3=NC(=O)C(=Cc4ccc(-c5ccccc5)o4)S3)CC2)cc1. The monoisotopic (exact) mass is 429 g/mol. The van der Waals surface area contributed by atoms with E-state index < -0.39 is 0 Å². The summed E-state index contributed by atoms with van der Waals surface area (Å²) in [5.41, 5.74) is 3.53. The van der Waals surface area contributed by atoms with Crippen molar-refractivity contribution in [2.75, 3.05) is 31.1 Å². The number of hydrogen-bond donors (Lipinski definition) is 0. The largest absolute Gasteiger partial charge is 0.457 e. The van der Waals surface area contributed by atoms with E-state index in [1.165, 1.54) is 23.0 Å². The fraction of sp³-hybridized carbons (Fsp3) is 0.200. The predicted molar refractivity (Wildman–Crippen MR) is 127 cm³/mol. The van der Waals surface area contributed by atoms with Crippen LogP contribution < -0.4 is 4.90 Å². The van der Waals surface area contributed by atoms with Gasteiger partial charge in [0, 0.05) is 43.5 Å². The van der Waals surface area contributed by atoms with Gasteiger partial charge in [-0.25, -0.2) is 0 Å². The van der Waals surface area contributed by atoms with E-state index in [4.69, 9.17) is 4.42 Å². The summed E-state index contributed by atoms with van der Waals surface area (Å²) in [6.45, 7) is 5.62. The molecule has 3 heterocycles. The molecule has 2 aromatic carbocycles. The first-order valence-corrected chi connectivity index (χ1v) is 11.2. The third-order valence-electron chi connectivity index (χ3n) is 5.52. The number of piperazine rings is 1. The fourth-order valence-corrected chi connectivity index (χ4v) is 4.71. The number of nitrogens with zero attached hydrogens (tertiary/aromatic N) is 3. The van der Waals surface area contributed by atoms with E-state index in [0.29, 0.717) is 10.7 Å². The number of carbonyl (C=O) groups excluding carboxylic acids is 1. The highest BCUT2D eigenvalue weighted by molar-refractivity contribution is 8.18. The molecule has 0 N–H and O–H groups in total. The van der Waals surface area contributed by atoms with Crippen molar-refractivity contribution in [2.24, 2.45) is 4.99 Å². The van der Waals surface area contributed by atoms with E-state index in [1.54, 1.807) is 6.08 Å². The number of carbonyl (C=O) groups is 1. The molecule has 1 amide bonds. The van der Waals surface area contributed by atoms with Crippen molar-refractivity contribution in [1.82, 2.24) is 4.90 Å². The second-order valence-corrected chi connectivity index (χ2v) is 8.70. The third-order valence-corrected chi connectivity index (χ3v) is 6.56. The van der Waals surface area contributed by atoms with Gasteiger partial charge in [-0.05, 0) is 43.0 Å². The first kappa shape index (κ1) is 19.7. The second kappa shape index (κ2) is 8.47. The quantitative estimate of drug-likeness (QED) is 0.546. The van der Waals surface area contributed by atoms with Gasteiger partial charge in [-0.15, -0.1) is 0 Å². The van der Waals surface area contributed by atoms with E-state index in [0.717, 1.165) is 42.7 Å². The summed E-state index contributed by atoms with van der Waals surface area (Å²) in [4.78, 5) is 22.0. The van der Waals surface area contributed by atoms with Crippen LogP contribution in [-0.2, 0) is 4.79 Å². The molecule has 2 aliphatic rings. The van der Waals surface area contributed by atoms with Crippen molar-refractivity contribution >= 4 is 34.6 Å². The van der Waals surface area contributed by atoms with Crippen LogP contribution in [-0.4, -0.2) is 42.2 Å². The minimum atomic E-state index is -0.196. The highest BCUT2D eigenvalue weighted by Crippen LogP contribution is 2.32. The van der Waals surface area contributed by atoms with Gasteiger partial charge in [-0.2, -0.15) is 4.99 Å². The first-order chi connectivity index (χ1) is 15.2.